The van der Waals surface area contributed by atoms with Crippen molar-refractivity contribution >= 4 is 11.9 Å². The normalized spacial score (nSPS) is 18.4. The van der Waals surface area contributed by atoms with Crippen molar-refractivity contribution in [1.82, 2.24) is 14.7 Å². The molecule has 1 aliphatic heterocycles. The van der Waals surface area contributed by atoms with Crippen LogP contribution < -0.4 is 0 Å². The van der Waals surface area contributed by atoms with Gasteiger partial charge in [0.05, 0.1) is 11.3 Å². The Morgan fingerprint density at radius 2 is 2.04 bits per heavy atom. The van der Waals surface area contributed by atoms with Crippen LogP contribution in [0.25, 0.3) is 5.69 Å². The molecule has 6 heteroatoms. The van der Waals surface area contributed by atoms with Gasteiger partial charge in [0.15, 0.2) is 6.10 Å². The van der Waals surface area contributed by atoms with Gasteiger partial charge in [-0.1, -0.05) is 6.92 Å². The maximum absolute atomic E-state index is 12.7. The molecule has 0 unspecified atom stereocenters. The number of esters is 1. The summed E-state index contributed by atoms with van der Waals surface area (Å²) >= 11 is 0. The monoisotopic (exact) mass is 355 g/mol. The van der Waals surface area contributed by atoms with Gasteiger partial charge in [-0.3, -0.25) is 4.79 Å². The zero-order valence-electron chi connectivity index (χ0n) is 15.3. The summed E-state index contributed by atoms with van der Waals surface area (Å²) in [6.07, 6.45) is 6.87. The molecule has 1 amide bonds. The summed E-state index contributed by atoms with van der Waals surface area (Å²) in [5.74, 6) is -0.582. The molecule has 1 fully saturated rings. The minimum atomic E-state index is -0.777. The molecule has 0 spiro atoms. The summed E-state index contributed by atoms with van der Waals surface area (Å²) in [6.45, 7) is 4.49. The molecule has 3 rings (SSSR count). The number of hydrogen-bond acceptors (Lipinski definition) is 4. The molecule has 0 radical (unpaired) electrons. The van der Waals surface area contributed by atoms with E-state index in [0.29, 0.717) is 5.56 Å². The number of carbonyl (C=O) groups is 2. The van der Waals surface area contributed by atoms with Gasteiger partial charge in [0.2, 0.25) is 0 Å². The Morgan fingerprint density at radius 3 is 2.69 bits per heavy atom. The Labute approximate surface area is 153 Å². The van der Waals surface area contributed by atoms with E-state index in [9.17, 15) is 9.59 Å². The molecule has 26 heavy (non-hydrogen) atoms. The lowest BCUT2D eigenvalue weighted by Gasteiger charge is -2.36. The molecule has 2 atom stereocenters. The van der Waals surface area contributed by atoms with Gasteiger partial charge in [-0.15, -0.1) is 0 Å². The van der Waals surface area contributed by atoms with Crippen molar-refractivity contribution in [2.24, 2.45) is 0 Å². The van der Waals surface area contributed by atoms with Crippen LogP contribution in [0.4, 0.5) is 0 Å². The van der Waals surface area contributed by atoms with Gasteiger partial charge in [0, 0.05) is 25.0 Å². The topological polar surface area (TPSA) is 64.4 Å². The summed E-state index contributed by atoms with van der Waals surface area (Å²) in [7, 11) is 0. The molecule has 0 aliphatic carbocycles. The number of nitrogens with zero attached hydrogens (tertiary/aromatic N) is 3. The Kier molecular flexibility index (Phi) is 5.71. The largest absolute Gasteiger partial charge is 0.449 e. The van der Waals surface area contributed by atoms with E-state index in [1.54, 1.807) is 42.1 Å². The Balaban J connectivity index is 1.62. The number of carbonyl (C=O) groups excluding carboxylic acids is 2. The smallest absolute Gasteiger partial charge is 0.338 e. The molecule has 2 heterocycles. The van der Waals surface area contributed by atoms with Crippen molar-refractivity contribution in [3.8, 4) is 5.69 Å². The lowest BCUT2D eigenvalue weighted by molar-refractivity contribution is -0.143. The highest BCUT2D eigenvalue weighted by molar-refractivity contribution is 5.92. The standard InChI is InChI=1S/C20H25N3O3/c1-3-17-7-4-5-13-22(17)19(24)15(2)26-20(25)16-8-10-18(11-9-16)23-14-6-12-21-23/h6,8-12,14-15,17H,3-5,7,13H2,1-2H3/t15-,17-/m1/s1. The van der Waals surface area contributed by atoms with Crippen molar-refractivity contribution in [2.45, 2.75) is 51.7 Å². The SMILES string of the molecule is CC[C@@H]1CCCCN1C(=O)[C@@H](C)OC(=O)c1ccc(-n2cccn2)cc1. The first kappa shape index (κ1) is 18.2. The van der Waals surface area contributed by atoms with E-state index in [4.69, 9.17) is 4.74 Å². The second-order valence-corrected chi connectivity index (χ2v) is 6.63. The van der Waals surface area contributed by atoms with Gasteiger partial charge >= 0.3 is 5.97 Å². The third-order valence-corrected chi connectivity index (χ3v) is 4.88. The van der Waals surface area contributed by atoms with Crippen LogP contribution in [0, 0.1) is 0 Å². The number of piperidine rings is 1. The number of ether oxygens (including phenoxy) is 1. The number of aromatic nitrogens is 2. The summed E-state index contributed by atoms with van der Waals surface area (Å²) < 4.78 is 7.13. The van der Waals surface area contributed by atoms with Crippen LogP contribution in [-0.4, -0.2) is 45.2 Å². The molecule has 6 nitrogen and oxygen atoms in total. The van der Waals surface area contributed by atoms with E-state index in [-0.39, 0.29) is 11.9 Å². The van der Waals surface area contributed by atoms with E-state index in [1.165, 1.54) is 0 Å². The van der Waals surface area contributed by atoms with Gasteiger partial charge in [-0.2, -0.15) is 5.10 Å². The van der Waals surface area contributed by atoms with Crippen LogP contribution in [0.3, 0.4) is 0 Å². The fourth-order valence-electron chi connectivity index (χ4n) is 3.40. The van der Waals surface area contributed by atoms with Gasteiger partial charge in [0.1, 0.15) is 0 Å². The van der Waals surface area contributed by atoms with Gasteiger partial charge < -0.3 is 9.64 Å². The van der Waals surface area contributed by atoms with Crippen molar-refractivity contribution in [3.05, 3.63) is 48.3 Å². The van der Waals surface area contributed by atoms with Crippen molar-refractivity contribution < 1.29 is 14.3 Å². The minimum absolute atomic E-state index is 0.0990. The number of likely N-dealkylation sites (tertiary alicyclic amines) is 1. The second-order valence-electron chi connectivity index (χ2n) is 6.63. The Morgan fingerprint density at radius 1 is 1.27 bits per heavy atom. The summed E-state index contributed by atoms with van der Waals surface area (Å²) in [6, 6.07) is 9.06. The Bertz CT molecular complexity index is 740. The Hall–Kier alpha value is -2.63. The highest BCUT2D eigenvalue weighted by atomic mass is 16.5. The van der Waals surface area contributed by atoms with Gasteiger partial charge in [0.25, 0.3) is 5.91 Å². The molecule has 2 aromatic rings. The first-order valence-corrected chi connectivity index (χ1v) is 9.21. The van der Waals surface area contributed by atoms with Crippen molar-refractivity contribution in [1.29, 1.82) is 0 Å². The van der Waals surface area contributed by atoms with E-state index in [2.05, 4.69) is 12.0 Å². The van der Waals surface area contributed by atoms with E-state index in [0.717, 1.165) is 37.9 Å². The molecular formula is C20H25N3O3. The van der Waals surface area contributed by atoms with Crippen LogP contribution in [-0.2, 0) is 9.53 Å². The number of benzene rings is 1. The number of hydrogen-bond donors (Lipinski definition) is 0. The minimum Gasteiger partial charge on any atom is -0.449 e. The molecule has 1 aromatic heterocycles. The molecule has 0 saturated carbocycles. The van der Waals surface area contributed by atoms with E-state index >= 15 is 0 Å². The van der Waals surface area contributed by atoms with Gasteiger partial charge in [-0.05, 0) is 62.9 Å². The lowest BCUT2D eigenvalue weighted by Crippen LogP contribution is -2.48. The maximum atomic E-state index is 12.7. The quantitative estimate of drug-likeness (QED) is 0.773. The molecule has 1 aliphatic rings. The van der Waals surface area contributed by atoms with E-state index in [1.807, 2.05) is 17.2 Å². The molecule has 0 bridgehead atoms. The van der Waals surface area contributed by atoms with Crippen LogP contribution >= 0.6 is 0 Å². The molecular weight excluding hydrogens is 330 g/mol. The zero-order chi connectivity index (χ0) is 18.5. The third-order valence-electron chi connectivity index (χ3n) is 4.88. The van der Waals surface area contributed by atoms with E-state index < -0.39 is 12.1 Å². The average Bonchev–Trinajstić information content (AvgIpc) is 3.22. The number of rotatable bonds is 5. The van der Waals surface area contributed by atoms with Crippen LogP contribution in [0.15, 0.2) is 42.7 Å². The van der Waals surface area contributed by atoms with Crippen LogP contribution in [0.2, 0.25) is 0 Å². The number of amides is 1. The van der Waals surface area contributed by atoms with Gasteiger partial charge in [-0.25, -0.2) is 9.48 Å². The fraction of sp³-hybridized carbons (Fsp3) is 0.450. The first-order chi connectivity index (χ1) is 12.6. The lowest BCUT2D eigenvalue weighted by atomic mass is 9.99. The van der Waals surface area contributed by atoms with Crippen molar-refractivity contribution in [2.75, 3.05) is 6.54 Å². The predicted molar refractivity (Wildman–Crippen MR) is 98.1 cm³/mol. The third kappa shape index (κ3) is 3.95. The molecule has 1 saturated heterocycles. The summed E-state index contributed by atoms with van der Waals surface area (Å²) in [4.78, 5) is 26.9. The summed E-state index contributed by atoms with van der Waals surface area (Å²) in [5.41, 5.74) is 1.28. The van der Waals surface area contributed by atoms with Crippen LogP contribution in [0.1, 0.15) is 49.9 Å². The maximum Gasteiger partial charge on any atom is 0.338 e. The highest BCUT2D eigenvalue weighted by Crippen LogP contribution is 2.21. The second kappa shape index (κ2) is 8.17. The van der Waals surface area contributed by atoms with Crippen LogP contribution in [0.5, 0.6) is 0 Å². The zero-order valence-corrected chi connectivity index (χ0v) is 15.3. The highest BCUT2D eigenvalue weighted by Gasteiger charge is 2.30. The molecule has 138 valence electrons. The predicted octanol–water partition coefficient (Wildman–Crippen LogP) is 3.21. The average molecular weight is 355 g/mol. The first-order valence-electron chi connectivity index (χ1n) is 9.21. The fourth-order valence-corrected chi connectivity index (χ4v) is 3.40. The van der Waals surface area contributed by atoms with Crippen molar-refractivity contribution in [3.63, 3.8) is 0 Å². The molecule has 1 aromatic carbocycles. The molecule has 0 N–H and O–H groups in total. The summed E-state index contributed by atoms with van der Waals surface area (Å²) in [5, 5.41) is 4.15.